The summed E-state index contributed by atoms with van der Waals surface area (Å²) >= 11 is 6.01. The molecule has 1 fully saturated rings. The highest BCUT2D eigenvalue weighted by Crippen LogP contribution is 2.25. The molecule has 3 rings (SSSR count). The molecule has 0 saturated carbocycles. The molecule has 104 valence electrons. The van der Waals surface area contributed by atoms with Gasteiger partial charge in [-0.05, 0) is 31.2 Å². The van der Waals surface area contributed by atoms with Crippen molar-refractivity contribution >= 4 is 23.2 Å². The van der Waals surface area contributed by atoms with Crippen LogP contribution in [0.1, 0.15) is 6.42 Å². The van der Waals surface area contributed by atoms with Gasteiger partial charge in [0, 0.05) is 11.6 Å². The Morgan fingerprint density at radius 1 is 1.50 bits per heavy atom. The van der Waals surface area contributed by atoms with Crippen LogP contribution in [-0.4, -0.2) is 33.8 Å². The Balaban J connectivity index is 1.87. The van der Waals surface area contributed by atoms with Gasteiger partial charge in [-0.25, -0.2) is 9.67 Å². The Labute approximate surface area is 121 Å². The normalized spacial score (nSPS) is 18.1. The Morgan fingerprint density at radius 2 is 2.40 bits per heavy atom. The number of carbonyl (C=O) groups excluding carboxylic acids is 1. The SMILES string of the molecule is O=C(Nc1cc(Cl)ccc1-n1cncn1)C1CCNC1. The fraction of sp³-hybridized carbons (Fsp3) is 0.308. The van der Waals surface area contributed by atoms with E-state index in [4.69, 9.17) is 11.6 Å². The second-order valence-corrected chi connectivity index (χ2v) is 5.12. The summed E-state index contributed by atoms with van der Waals surface area (Å²) in [6.45, 7) is 1.59. The molecule has 20 heavy (non-hydrogen) atoms. The predicted molar refractivity (Wildman–Crippen MR) is 76.0 cm³/mol. The molecular formula is C13H14ClN5O. The molecule has 2 aromatic rings. The zero-order valence-electron chi connectivity index (χ0n) is 10.7. The van der Waals surface area contributed by atoms with Crippen molar-refractivity contribution in [3.05, 3.63) is 35.9 Å². The van der Waals surface area contributed by atoms with Gasteiger partial charge in [0.2, 0.25) is 5.91 Å². The zero-order valence-corrected chi connectivity index (χ0v) is 11.5. The van der Waals surface area contributed by atoms with Gasteiger partial charge in [0.05, 0.1) is 17.3 Å². The van der Waals surface area contributed by atoms with E-state index in [1.807, 2.05) is 0 Å². The van der Waals surface area contributed by atoms with Gasteiger partial charge in [-0.1, -0.05) is 11.6 Å². The monoisotopic (exact) mass is 291 g/mol. The minimum Gasteiger partial charge on any atom is -0.324 e. The fourth-order valence-electron chi connectivity index (χ4n) is 2.25. The topological polar surface area (TPSA) is 71.8 Å². The predicted octanol–water partition coefficient (Wildman–Crippen LogP) is 1.47. The van der Waals surface area contributed by atoms with E-state index in [1.54, 1.807) is 29.2 Å². The van der Waals surface area contributed by atoms with Gasteiger partial charge >= 0.3 is 0 Å². The van der Waals surface area contributed by atoms with Crippen molar-refractivity contribution < 1.29 is 4.79 Å². The molecule has 0 aliphatic carbocycles. The molecule has 1 unspecified atom stereocenters. The fourth-order valence-corrected chi connectivity index (χ4v) is 2.43. The lowest BCUT2D eigenvalue weighted by molar-refractivity contribution is -0.119. The van der Waals surface area contributed by atoms with Crippen molar-refractivity contribution in [2.75, 3.05) is 18.4 Å². The second-order valence-electron chi connectivity index (χ2n) is 4.68. The van der Waals surface area contributed by atoms with Crippen molar-refractivity contribution in [3.8, 4) is 5.69 Å². The Morgan fingerprint density at radius 3 is 3.10 bits per heavy atom. The van der Waals surface area contributed by atoms with Gasteiger partial charge in [-0.3, -0.25) is 4.79 Å². The van der Waals surface area contributed by atoms with Crippen LogP contribution in [0.15, 0.2) is 30.9 Å². The van der Waals surface area contributed by atoms with E-state index in [2.05, 4.69) is 20.7 Å². The number of nitrogens with zero attached hydrogens (tertiary/aromatic N) is 3. The van der Waals surface area contributed by atoms with E-state index in [-0.39, 0.29) is 11.8 Å². The molecule has 0 radical (unpaired) electrons. The first-order chi connectivity index (χ1) is 9.74. The average Bonchev–Trinajstić information content (AvgIpc) is 3.12. The third-order valence-corrected chi connectivity index (χ3v) is 3.55. The summed E-state index contributed by atoms with van der Waals surface area (Å²) in [6, 6.07) is 5.28. The van der Waals surface area contributed by atoms with E-state index in [0.29, 0.717) is 17.3 Å². The molecule has 1 amide bonds. The summed E-state index contributed by atoms with van der Waals surface area (Å²) in [5.74, 6) is -0.00351. The minimum atomic E-state index is -0.00224. The van der Waals surface area contributed by atoms with Crippen LogP contribution in [0.2, 0.25) is 5.02 Å². The lowest BCUT2D eigenvalue weighted by atomic mass is 10.1. The number of carbonyl (C=O) groups is 1. The largest absolute Gasteiger partial charge is 0.324 e. The molecule has 1 aromatic heterocycles. The van der Waals surface area contributed by atoms with Crippen LogP contribution in [0.4, 0.5) is 5.69 Å². The summed E-state index contributed by atoms with van der Waals surface area (Å²) in [6.07, 6.45) is 3.88. The average molecular weight is 292 g/mol. The van der Waals surface area contributed by atoms with E-state index in [0.717, 1.165) is 18.7 Å². The van der Waals surface area contributed by atoms with E-state index in [9.17, 15) is 4.79 Å². The third kappa shape index (κ3) is 2.66. The van der Waals surface area contributed by atoms with Crippen molar-refractivity contribution in [1.82, 2.24) is 20.1 Å². The Hall–Kier alpha value is -1.92. The van der Waals surface area contributed by atoms with Crippen LogP contribution < -0.4 is 10.6 Å². The summed E-state index contributed by atoms with van der Waals surface area (Å²) in [5, 5.41) is 10.8. The molecule has 1 saturated heterocycles. The Bertz CT molecular complexity index is 607. The standard InChI is InChI=1S/C13H14ClN5O/c14-10-1-2-12(19-8-16-7-17-19)11(5-10)18-13(20)9-3-4-15-6-9/h1-2,5,7-9,15H,3-4,6H2,(H,18,20). The minimum absolute atomic E-state index is 0.00127. The lowest BCUT2D eigenvalue weighted by Crippen LogP contribution is -2.25. The van der Waals surface area contributed by atoms with E-state index < -0.39 is 0 Å². The van der Waals surface area contributed by atoms with Crippen molar-refractivity contribution in [2.24, 2.45) is 5.92 Å². The van der Waals surface area contributed by atoms with Gasteiger partial charge in [0.25, 0.3) is 0 Å². The summed E-state index contributed by atoms with van der Waals surface area (Å²) in [4.78, 5) is 16.1. The number of aromatic nitrogens is 3. The first-order valence-electron chi connectivity index (χ1n) is 6.40. The van der Waals surface area contributed by atoms with Crippen LogP contribution in [0.5, 0.6) is 0 Å². The molecule has 7 heteroatoms. The summed E-state index contributed by atoms with van der Waals surface area (Å²) in [5.41, 5.74) is 1.38. The van der Waals surface area contributed by atoms with Gasteiger partial charge in [0.1, 0.15) is 12.7 Å². The van der Waals surface area contributed by atoms with E-state index >= 15 is 0 Å². The quantitative estimate of drug-likeness (QED) is 0.898. The number of rotatable bonds is 3. The molecule has 0 bridgehead atoms. The van der Waals surface area contributed by atoms with Crippen LogP contribution in [0.3, 0.4) is 0 Å². The first kappa shape index (κ1) is 13.1. The smallest absolute Gasteiger partial charge is 0.228 e. The third-order valence-electron chi connectivity index (χ3n) is 3.31. The maximum absolute atomic E-state index is 12.2. The van der Waals surface area contributed by atoms with Gasteiger partial charge < -0.3 is 10.6 Å². The highest BCUT2D eigenvalue weighted by Gasteiger charge is 2.23. The maximum atomic E-state index is 12.2. The molecule has 1 aromatic carbocycles. The summed E-state index contributed by atoms with van der Waals surface area (Å²) < 4.78 is 1.60. The number of anilines is 1. The number of hydrogen-bond acceptors (Lipinski definition) is 4. The lowest BCUT2D eigenvalue weighted by Gasteiger charge is -2.14. The number of hydrogen-bond donors (Lipinski definition) is 2. The Kier molecular flexibility index (Phi) is 3.66. The van der Waals surface area contributed by atoms with Crippen LogP contribution in [-0.2, 0) is 4.79 Å². The molecule has 1 atom stereocenters. The van der Waals surface area contributed by atoms with Crippen LogP contribution >= 0.6 is 11.6 Å². The zero-order chi connectivity index (χ0) is 13.9. The van der Waals surface area contributed by atoms with Gasteiger partial charge in [-0.2, -0.15) is 5.10 Å². The maximum Gasteiger partial charge on any atom is 0.228 e. The highest BCUT2D eigenvalue weighted by atomic mass is 35.5. The van der Waals surface area contributed by atoms with E-state index in [1.165, 1.54) is 6.33 Å². The number of benzene rings is 1. The molecule has 1 aliphatic rings. The molecule has 2 N–H and O–H groups in total. The molecule has 0 spiro atoms. The second kappa shape index (κ2) is 5.60. The first-order valence-corrected chi connectivity index (χ1v) is 6.78. The molecule has 1 aliphatic heterocycles. The van der Waals surface area contributed by atoms with Crippen molar-refractivity contribution in [1.29, 1.82) is 0 Å². The molecule has 2 heterocycles. The van der Waals surface area contributed by atoms with Gasteiger partial charge in [0.15, 0.2) is 0 Å². The molecular weight excluding hydrogens is 278 g/mol. The number of halogens is 1. The highest BCUT2D eigenvalue weighted by molar-refractivity contribution is 6.31. The van der Waals surface area contributed by atoms with Gasteiger partial charge in [-0.15, -0.1) is 0 Å². The van der Waals surface area contributed by atoms with Crippen LogP contribution in [0.25, 0.3) is 5.69 Å². The van der Waals surface area contributed by atoms with Crippen molar-refractivity contribution in [3.63, 3.8) is 0 Å². The number of nitrogens with one attached hydrogen (secondary N) is 2. The summed E-state index contributed by atoms with van der Waals surface area (Å²) in [7, 11) is 0. The van der Waals surface area contributed by atoms with Crippen LogP contribution in [0, 0.1) is 5.92 Å². The van der Waals surface area contributed by atoms with Crippen molar-refractivity contribution in [2.45, 2.75) is 6.42 Å². The number of amides is 1. The molecule has 6 nitrogen and oxygen atoms in total.